The van der Waals surface area contributed by atoms with Crippen LogP contribution in [-0.2, 0) is 17.6 Å². The van der Waals surface area contributed by atoms with Crippen LogP contribution in [0.4, 0.5) is 20.2 Å². The van der Waals surface area contributed by atoms with Gasteiger partial charge in [-0.25, -0.2) is 8.78 Å². The van der Waals surface area contributed by atoms with E-state index in [9.17, 15) is 23.2 Å². The van der Waals surface area contributed by atoms with Gasteiger partial charge in [-0.15, -0.1) is 0 Å². The van der Waals surface area contributed by atoms with Gasteiger partial charge in [0, 0.05) is 28.4 Å². The van der Waals surface area contributed by atoms with Crippen LogP contribution in [0.2, 0.25) is 0 Å². The zero-order chi connectivity index (χ0) is 22.0. The number of anilines is 2. The molecular weight excluding hydrogens is 402 g/mol. The van der Waals surface area contributed by atoms with Crippen LogP contribution in [0.15, 0.2) is 54.6 Å². The molecule has 0 saturated carbocycles. The number of aryl methyl sites for hydroxylation is 2. The summed E-state index contributed by atoms with van der Waals surface area (Å²) in [5, 5.41) is 5.38. The van der Waals surface area contributed by atoms with E-state index in [1.54, 1.807) is 36.4 Å². The molecular formula is C24H18F2N2O3. The normalized spacial score (nSPS) is 12.4. The van der Waals surface area contributed by atoms with E-state index >= 15 is 0 Å². The fraction of sp³-hybridized carbons (Fsp3) is 0.125. The molecule has 0 atom stereocenters. The standard InChI is InChI=1S/C24H18F2N2O3/c25-17-5-8-22(21(26)13-17)28-18-6-7-19-15(11-18)3-1-14-2-4-16(12-20(14)23(19)30)24(31)27-9-10-29/h2,4-8,10-13,28H,1,3,9H2,(H,27,31). The van der Waals surface area contributed by atoms with E-state index in [0.717, 1.165) is 23.3 Å². The van der Waals surface area contributed by atoms with E-state index in [2.05, 4.69) is 10.6 Å². The summed E-state index contributed by atoms with van der Waals surface area (Å²) in [5.41, 5.74) is 3.60. The molecule has 0 fully saturated rings. The van der Waals surface area contributed by atoms with Crippen molar-refractivity contribution in [2.24, 2.45) is 0 Å². The van der Waals surface area contributed by atoms with Crippen LogP contribution >= 0.6 is 0 Å². The summed E-state index contributed by atoms with van der Waals surface area (Å²) in [6.07, 6.45) is 1.77. The van der Waals surface area contributed by atoms with Crippen molar-refractivity contribution < 1.29 is 23.2 Å². The molecule has 156 valence electrons. The van der Waals surface area contributed by atoms with E-state index < -0.39 is 17.5 Å². The minimum absolute atomic E-state index is 0.100. The number of hydrogen-bond acceptors (Lipinski definition) is 4. The van der Waals surface area contributed by atoms with Gasteiger partial charge in [0.15, 0.2) is 5.78 Å². The molecule has 2 N–H and O–H groups in total. The molecule has 0 unspecified atom stereocenters. The molecule has 0 radical (unpaired) electrons. The predicted molar refractivity (Wildman–Crippen MR) is 112 cm³/mol. The van der Waals surface area contributed by atoms with Crippen molar-refractivity contribution in [3.63, 3.8) is 0 Å². The number of carbonyl (C=O) groups is 3. The minimum Gasteiger partial charge on any atom is -0.353 e. The van der Waals surface area contributed by atoms with E-state index in [0.29, 0.717) is 41.5 Å². The van der Waals surface area contributed by atoms with Gasteiger partial charge in [-0.2, -0.15) is 0 Å². The lowest BCUT2D eigenvalue weighted by molar-refractivity contribution is -0.107. The van der Waals surface area contributed by atoms with Gasteiger partial charge < -0.3 is 15.4 Å². The van der Waals surface area contributed by atoms with Crippen LogP contribution in [-0.4, -0.2) is 24.5 Å². The Labute approximate surface area is 177 Å². The fourth-order valence-electron chi connectivity index (χ4n) is 3.64. The Kier molecular flexibility index (Phi) is 5.58. The summed E-state index contributed by atoms with van der Waals surface area (Å²) in [4.78, 5) is 35.8. The number of nitrogens with one attached hydrogen (secondary N) is 2. The highest BCUT2D eigenvalue weighted by atomic mass is 19.1. The summed E-state index contributed by atoms with van der Waals surface area (Å²) in [6, 6.07) is 13.3. The van der Waals surface area contributed by atoms with Crippen LogP contribution in [0.5, 0.6) is 0 Å². The lowest BCUT2D eigenvalue weighted by Gasteiger charge is -2.11. The highest BCUT2D eigenvalue weighted by Crippen LogP contribution is 2.29. The van der Waals surface area contributed by atoms with E-state index in [4.69, 9.17) is 0 Å². The molecule has 0 saturated heterocycles. The van der Waals surface area contributed by atoms with Crippen molar-refractivity contribution in [1.29, 1.82) is 0 Å². The topological polar surface area (TPSA) is 75.3 Å². The number of carbonyl (C=O) groups excluding carboxylic acids is 3. The van der Waals surface area contributed by atoms with Crippen LogP contribution in [0.1, 0.15) is 37.4 Å². The second kappa shape index (κ2) is 8.47. The Balaban J connectivity index is 1.63. The summed E-state index contributed by atoms with van der Waals surface area (Å²) in [6.45, 7) is -0.100. The first kappa shape index (κ1) is 20.4. The first-order valence-corrected chi connectivity index (χ1v) is 9.70. The number of hydrogen-bond donors (Lipinski definition) is 2. The monoisotopic (exact) mass is 420 g/mol. The maximum Gasteiger partial charge on any atom is 0.251 e. The fourth-order valence-corrected chi connectivity index (χ4v) is 3.64. The maximum atomic E-state index is 14.0. The van der Waals surface area contributed by atoms with Crippen LogP contribution in [0.25, 0.3) is 0 Å². The van der Waals surface area contributed by atoms with Crippen molar-refractivity contribution in [3.05, 3.63) is 94.0 Å². The molecule has 0 bridgehead atoms. The number of amides is 1. The van der Waals surface area contributed by atoms with Crippen molar-refractivity contribution >= 4 is 29.4 Å². The van der Waals surface area contributed by atoms with E-state index in [-0.39, 0.29) is 18.0 Å². The zero-order valence-electron chi connectivity index (χ0n) is 16.4. The predicted octanol–water partition coefficient (Wildman–Crippen LogP) is 3.97. The van der Waals surface area contributed by atoms with Crippen LogP contribution < -0.4 is 10.6 Å². The van der Waals surface area contributed by atoms with Crippen LogP contribution in [0, 0.1) is 11.6 Å². The third-order valence-electron chi connectivity index (χ3n) is 5.19. The zero-order valence-corrected chi connectivity index (χ0v) is 16.4. The van der Waals surface area contributed by atoms with E-state index in [1.807, 2.05) is 0 Å². The van der Waals surface area contributed by atoms with Crippen molar-refractivity contribution in [2.45, 2.75) is 12.8 Å². The number of aldehydes is 1. The number of halogens is 2. The average Bonchev–Trinajstić information content (AvgIpc) is 2.90. The Morgan fingerprint density at radius 1 is 0.935 bits per heavy atom. The summed E-state index contributed by atoms with van der Waals surface area (Å²) in [5.74, 6) is -1.99. The molecule has 5 nitrogen and oxygen atoms in total. The number of fused-ring (bicyclic) bond motifs is 2. The molecule has 0 aromatic heterocycles. The van der Waals surface area contributed by atoms with Crippen LogP contribution in [0.3, 0.4) is 0 Å². The Hall–Kier alpha value is -3.87. The maximum absolute atomic E-state index is 14.0. The van der Waals surface area contributed by atoms with Crippen molar-refractivity contribution in [3.8, 4) is 0 Å². The van der Waals surface area contributed by atoms with Gasteiger partial charge >= 0.3 is 0 Å². The second-order valence-corrected chi connectivity index (χ2v) is 7.20. The number of ketones is 1. The number of benzene rings is 3. The lowest BCUT2D eigenvalue weighted by Crippen LogP contribution is -2.25. The largest absolute Gasteiger partial charge is 0.353 e. The summed E-state index contributed by atoms with van der Waals surface area (Å²) in [7, 11) is 0. The summed E-state index contributed by atoms with van der Waals surface area (Å²) < 4.78 is 27.1. The van der Waals surface area contributed by atoms with Crippen molar-refractivity contribution in [2.75, 3.05) is 11.9 Å². The van der Waals surface area contributed by atoms with Gasteiger partial charge in [0.25, 0.3) is 5.91 Å². The quantitative estimate of drug-likeness (QED) is 0.613. The summed E-state index contributed by atoms with van der Waals surface area (Å²) >= 11 is 0. The van der Waals surface area contributed by atoms with E-state index in [1.165, 1.54) is 6.07 Å². The molecule has 1 amide bonds. The van der Waals surface area contributed by atoms with Crippen molar-refractivity contribution in [1.82, 2.24) is 5.32 Å². The molecule has 3 aromatic carbocycles. The Bertz CT molecular complexity index is 1210. The first-order valence-electron chi connectivity index (χ1n) is 9.70. The third kappa shape index (κ3) is 4.21. The molecule has 1 aliphatic rings. The van der Waals surface area contributed by atoms with Gasteiger partial charge in [-0.3, -0.25) is 9.59 Å². The molecule has 0 spiro atoms. The van der Waals surface area contributed by atoms with Gasteiger partial charge in [0.05, 0.1) is 12.2 Å². The molecule has 7 heteroatoms. The van der Waals surface area contributed by atoms with Gasteiger partial charge in [0.1, 0.15) is 17.9 Å². The third-order valence-corrected chi connectivity index (χ3v) is 5.19. The SMILES string of the molecule is O=CCNC(=O)c1ccc2c(c1)C(=O)c1ccc(Nc3ccc(F)cc3F)cc1CC2. The Morgan fingerprint density at radius 2 is 1.74 bits per heavy atom. The molecule has 0 aliphatic heterocycles. The van der Waals surface area contributed by atoms with Gasteiger partial charge in [0.2, 0.25) is 0 Å². The lowest BCUT2D eigenvalue weighted by atomic mass is 9.96. The average molecular weight is 420 g/mol. The van der Waals surface area contributed by atoms with Gasteiger partial charge in [-0.1, -0.05) is 6.07 Å². The second-order valence-electron chi connectivity index (χ2n) is 7.20. The smallest absolute Gasteiger partial charge is 0.251 e. The Morgan fingerprint density at radius 3 is 2.52 bits per heavy atom. The molecule has 3 aromatic rings. The van der Waals surface area contributed by atoms with Gasteiger partial charge in [-0.05, 0) is 66.4 Å². The number of rotatable bonds is 5. The molecule has 0 heterocycles. The highest BCUT2D eigenvalue weighted by Gasteiger charge is 2.23. The molecule has 1 aliphatic carbocycles. The molecule has 31 heavy (non-hydrogen) atoms. The first-order chi connectivity index (χ1) is 15.0. The minimum atomic E-state index is -0.709. The highest BCUT2D eigenvalue weighted by molar-refractivity contribution is 6.12. The molecule has 4 rings (SSSR count).